The maximum atomic E-state index is 5.54. The Labute approximate surface area is 163 Å². The first kappa shape index (κ1) is 21.3. The average Bonchev–Trinajstić information content (AvgIpc) is 3.22. The molecule has 0 aromatic carbocycles. The van der Waals surface area contributed by atoms with Crippen LogP contribution in [-0.4, -0.2) is 45.1 Å². The maximum Gasteiger partial charge on any atom is 0.191 e. The van der Waals surface area contributed by atoms with E-state index in [0.29, 0.717) is 0 Å². The fraction of sp³-hybridized carbons (Fsp3) is 0.722. The number of likely N-dealkylation sites (N-methyl/N-ethyl adjacent to an activating group) is 1. The van der Waals surface area contributed by atoms with Gasteiger partial charge in [-0.3, -0.25) is 9.89 Å². The van der Waals surface area contributed by atoms with E-state index in [0.717, 1.165) is 30.7 Å². The summed E-state index contributed by atoms with van der Waals surface area (Å²) in [5.41, 5.74) is 0. The molecule has 1 saturated carbocycles. The zero-order valence-electron chi connectivity index (χ0n) is 15.3. The van der Waals surface area contributed by atoms with Gasteiger partial charge in [-0.2, -0.15) is 0 Å². The Morgan fingerprint density at radius 2 is 2.08 bits per heavy atom. The molecule has 0 bridgehead atoms. The van der Waals surface area contributed by atoms with Crippen LogP contribution in [-0.2, 0) is 0 Å². The fourth-order valence-corrected chi connectivity index (χ4v) is 3.33. The van der Waals surface area contributed by atoms with Crippen molar-refractivity contribution < 1.29 is 4.42 Å². The van der Waals surface area contributed by atoms with E-state index in [-0.39, 0.29) is 30.0 Å². The summed E-state index contributed by atoms with van der Waals surface area (Å²) in [6, 6.07) is 4.15. The van der Waals surface area contributed by atoms with Crippen LogP contribution in [0.2, 0.25) is 0 Å². The third-order valence-corrected chi connectivity index (χ3v) is 4.74. The summed E-state index contributed by atoms with van der Waals surface area (Å²) in [5.74, 6) is 2.80. The van der Waals surface area contributed by atoms with Gasteiger partial charge in [0, 0.05) is 20.1 Å². The Hall–Kier alpha value is -0.760. The molecule has 1 aliphatic rings. The summed E-state index contributed by atoms with van der Waals surface area (Å²) in [7, 11) is 5.95. The summed E-state index contributed by atoms with van der Waals surface area (Å²) in [5, 5.41) is 6.83. The largest absolute Gasteiger partial charge is 0.468 e. The number of hydrogen-bond donors (Lipinski definition) is 2. The van der Waals surface area contributed by atoms with Crippen LogP contribution in [0.15, 0.2) is 27.8 Å². The molecule has 1 aromatic rings. The van der Waals surface area contributed by atoms with Crippen LogP contribution in [0.5, 0.6) is 0 Å². The van der Waals surface area contributed by atoms with Crippen LogP contribution >= 0.6 is 24.0 Å². The summed E-state index contributed by atoms with van der Waals surface area (Å²) in [4.78, 5) is 6.47. The lowest BCUT2D eigenvalue weighted by Gasteiger charge is -2.23. The number of hydrogen-bond acceptors (Lipinski definition) is 3. The van der Waals surface area contributed by atoms with Crippen molar-refractivity contribution in [1.29, 1.82) is 0 Å². The first-order valence-electron chi connectivity index (χ1n) is 8.85. The molecule has 1 atom stereocenters. The highest BCUT2D eigenvalue weighted by Gasteiger charge is 2.17. The number of guanidine groups is 1. The topological polar surface area (TPSA) is 52.8 Å². The molecule has 1 fully saturated rings. The molecule has 6 heteroatoms. The van der Waals surface area contributed by atoms with Gasteiger partial charge in [0.2, 0.25) is 0 Å². The SMILES string of the molecule is CN=C(NCCCC1CCCC1)NCC(c1ccco1)N(C)C.I. The maximum absolute atomic E-state index is 5.54. The summed E-state index contributed by atoms with van der Waals surface area (Å²) in [6.45, 7) is 1.76. The van der Waals surface area contributed by atoms with Crippen molar-refractivity contribution in [2.45, 2.75) is 44.6 Å². The smallest absolute Gasteiger partial charge is 0.191 e. The molecule has 0 saturated heterocycles. The normalized spacial score (nSPS) is 16.9. The first-order valence-corrected chi connectivity index (χ1v) is 8.85. The zero-order valence-corrected chi connectivity index (χ0v) is 17.6. The Morgan fingerprint density at radius 3 is 2.67 bits per heavy atom. The van der Waals surface area contributed by atoms with Gasteiger partial charge >= 0.3 is 0 Å². The van der Waals surface area contributed by atoms with Crippen molar-refractivity contribution in [2.24, 2.45) is 10.9 Å². The molecule has 2 rings (SSSR count). The minimum Gasteiger partial charge on any atom is -0.468 e. The molecule has 0 spiro atoms. The Bertz CT molecular complexity index is 456. The minimum absolute atomic E-state index is 0. The quantitative estimate of drug-likeness (QED) is 0.276. The third kappa shape index (κ3) is 7.01. The second-order valence-electron chi connectivity index (χ2n) is 6.67. The van der Waals surface area contributed by atoms with E-state index in [4.69, 9.17) is 4.42 Å². The highest BCUT2D eigenvalue weighted by atomic mass is 127. The van der Waals surface area contributed by atoms with Gasteiger partial charge in [-0.15, -0.1) is 24.0 Å². The van der Waals surface area contributed by atoms with Crippen LogP contribution in [0.3, 0.4) is 0 Å². The summed E-state index contributed by atoms with van der Waals surface area (Å²) < 4.78 is 5.54. The van der Waals surface area contributed by atoms with Gasteiger partial charge in [0.1, 0.15) is 5.76 Å². The van der Waals surface area contributed by atoms with Crippen molar-refractivity contribution in [3.8, 4) is 0 Å². The van der Waals surface area contributed by atoms with E-state index in [1.807, 2.05) is 19.2 Å². The molecule has 5 nitrogen and oxygen atoms in total. The van der Waals surface area contributed by atoms with Crippen molar-refractivity contribution >= 4 is 29.9 Å². The standard InChI is InChI=1S/C18H32N4O.HI/c1-19-18(20-12-6-10-15-8-4-5-9-15)21-14-16(22(2)3)17-11-7-13-23-17;/h7,11,13,15-16H,4-6,8-10,12,14H2,1-3H3,(H2,19,20,21);1H. The third-order valence-electron chi connectivity index (χ3n) is 4.74. The molecule has 2 N–H and O–H groups in total. The number of nitrogens with zero attached hydrogens (tertiary/aromatic N) is 2. The molecular weight excluding hydrogens is 415 g/mol. The summed E-state index contributed by atoms with van der Waals surface area (Å²) >= 11 is 0. The highest BCUT2D eigenvalue weighted by Crippen LogP contribution is 2.28. The molecule has 1 aromatic heterocycles. The summed E-state index contributed by atoms with van der Waals surface area (Å²) in [6.07, 6.45) is 10.0. The molecule has 0 amide bonds. The van der Waals surface area contributed by atoms with Gasteiger partial charge in [-0.1, -0.05) is 25.7 Å². The lowest BCUT2D eigenvalue weighted by molar-refractivity contribution is 0.258. The Balaban J connectivity index is 0.00000288. The van der Waals surface area contributed by atoms with E-state index in [1.165, 1.54) is 38.5 Å². The fourth-order valence-electron chi connectivity index (χ4n) is 3.33. The second-order valence-corrected chi connectivity index (χ2v) is 6.67. The van der Waals surface area contributed by atoms with E-state index in [9.17, 15) is 0 Å². The monoisotopic (exact) mass is 448 g/mol. The van der Waals surface area contributed by atoms with Crippen molar-refractivity contribution in [3.05, 3.63) is 24.2 Å². The number of aliphatic imine (C=N–C) groups is 1. The number of rotatable bonds is 8. The van der Waals surface area contributed by atoms with Crippen molar-refractivity contribution in [2.75, 3.05) is 34.2 Å². The van der Waals surface area contributed by atoms with Crippen molar-refractivity contribution in [3.63, 3.8) is 0 Å². The molecular formula is C18H33IN4O. The van der Waals surface area contributed by atoms with Crippen LogP contribution in [0.4, 0.5) is 0 Å². The predicted molar refractivity (Wildman–Crippen MR) is 111 cm³/mol. The Morgan fingerprint density at radius 1 is 1.33 bits per heavy atom. The van der Waals surface area contributed by atoms with Crippen LogP contribution in [0, 0.1) is 5.92 Å². The molecule has 24 heavy (non-hydrogen) atoms. The molecule has 0 aliphatic heterocycles. The molecule has 1 unspecified atom stereocenters. The second kappa shape index (κ2) is 11.7. The van der Waals surface area contributed by atoms with E-state index < -0.39 is 0 Å². The van der Waals surface area contributed by atoms with Gasteiger partial charge in [0.05, 0.1) is 12.3 Å². The van der Waals surface area contributed by atoms with E-state index in [1.54, 1.807) is 6.26 Å². The van der Waals surface area contributed by atoms with Gasteiger partial charge in [-0.25, -0.2) is 0 Å². The minimum atomic E-state index is 0. The zero-order chi connectivity index (χ0) is 16.5. The van der Waals surface area contributed by atoms with Crippen LogP contribution in [0.1, 0.15) is 50.3 Å². The van der Waals surface area contributed by atoms with E-state index in [2.05, 4.69) is 34.6 Å². The lowest BCUT2D eigenvalue weighted by atomic mass is 10.0. The van der Waals surface area contributed by atoms with Gasteiger partial charge in [-0.05, 0) is 45.0 Å². The Kier molecular flexibility index (Phi) is 10.4. The average molecular weight is 448 g/mol. The molecule has 0 radical (unpaired) electrons. The predicted octanol–water partition coefficient (Wildman–Crippen LogP) is 3.64. The van der Waals surface area contributed by atoms with Crippen LogP contribution in [0.25, 0.3) is 0 Å². The first-order chi connectivity index (χ1) is 11.2. The van der Waals surface area contributed by atoms with E-state index >= 15 is 0 Å². The lowest BCUT2D eigenvalue weighted by Crippen LogP contribution is -2.42. The molecule has 1 aliphatic carbocycles. The van der Waals surface area contributed by atoms with Gasteiger partial charge in [0.15, 0.2) is 5.96 Å². The number of halogens is 1. The highest BCUT2D eigenvalue weighted by molar-refractivity contribution is 14.0. The molecule has 138 valence electrons. The van der Waals surface area contributed by atoms with Crippen LogP contribution < -0.4 is 10.6 Å². The van der Waals surface area contributed by atoms with Crippen molar-refractivity contribution in [1.82, 2.24) is 15.5 Å². The number of furan rings is 1. The van der Waals surface area contributed by atoms with Gasteiger partial charge < -0.3 is 15.1 Å². The van der Waals surface area contributed by atoms with Gasteiger partial charge in [0.25, 0.3) is 0 Å². The molecule has 1 heterocycles. The number of nitrogens with one attached hydrogen (secondary N) is 2.